The quantitative estimate of drug-likeness (QED) is 0.624. The van der Waals surface area contributed by atoms with Crippen molar-refractivity contribution in [2.45, 2.75) is 38.6 Å². The molecule has 8 nitrogen and oxygen atoms in total. The van der Waals surface area contributed by atoms with Crippen LogP contribution < -0.4 is 10.6 Å². The minimum atomic E-state index is -0.463. The van der Waals surface area contributed by atoms with Crippen molar-refractivity contribution in [1.82, 2.24) is 30.1 Å². The SMILES string of the molecule is Cc1nc(Nc2cc(C3CC3)[nH]n2)cc(NC(C)c2ncc(F)cn2)n1. The first-order valence-electron chi connectivity index (χ1n) is 8.49. The maximum absolute atomic E-state index is 13.0. The van der Waals surface area contributed by atoms with Crippen LogP contribution in [0.2, 0.25) is 0 Å². The van der Waals surface area contributed by atoms with Crippen molar-refractivity contribution in [3.05, 3.63) is 47.7 Å². The highest BCUT2D eigenvalue weighted by Crippen LogP contribution is 2.39. The van der Waals surface area contributed by atoms with E-state index in [4.69, 9.17) is 0 Å². The third-order valence-electron chi connectivity index (χ3n) is 4.10. The lowest BCUT2D eigenvalue weighted by Crippen LogP contribution is -2.12. The summed E-state index contributed by atoms with van der Waals surface area (Å²) in [5.74, 6) is 3.24. The number of anilines is 3. The molecule has 0 saturated heterocycles. The third kappa shape index (κ3) is 3.76. The number of hydrogen-bond acceptors (Lipinski definition) is 7. The highest BCUT2D eigenvalue weighted by Gasteiger charge is 2.25. The minimum absolute atomic E-state index is 0.232. The number of halogens is 1. The summed E-state index contributed by atoms with van der Waals surface area (Å²) in [5, 5.41) is 13.7. The van der Waals surface area contributed by atoms with Gasteiger partial charge in [-0.25, -0.2) is 24.3 Å². The largest absolute Gasteiger partial charge is 0.360 e. The number of aryl methyl sites for hydroxylation is 1. The van der Waals surface area contributed by atoms with Crippen molar-refractivity contribution < 1.29 is 4.39 Å². The first-order chi connectivity index (χ1) is 12.6. The van der Waals surface area contributed by atoms with Gasteiger partial charge in [-0.3, -0.25) is 5.10 Å². The second kappa shape index (κ2) is 6.66. The van der Waals surface area contributed by atoms with E-state index in [-0.39, 0.29) is 6.04 Å². The summed E-state index contributed by atoms with van der Waals surface area (Å²) in [6.07, 6.45) is 4.72. The van der Waals surface area contributed by atoms with Crippen LogP contribution in [0.4, 0.5) is 21.8 Å². The molecule has 9 heteroatoms. The highest BCUT2D eigenvalue weighted by atomic mass is 19.1. The summed E-state index contributed by atoms with van der Waals surface area (Å²) < 4.78 is 13.0. The van der Waals surface area contributed by atoms with Gasteiger partial charge in [-0.05, 0) is 26.7 Å². The Hall–Kier alpha value is -3.10. The Labute approximate surface area is 149 Å². The maximum atomic E-state index is 13.0. The molecular formula is C17H19FN8. The number of aromatic amines is 1. The Morgan fingerprint density at radius 2 is 1.85 bits per heavy atom. The summed E-state index contributed by atoms with van der Waals surface area (Å²) in [5.41, 5.74) is 1.15. The average Bonchev–Trinajstić information content (AvgIpc) is 3.35. The Kier molecular flexibility index (Phi) is 4.19. The van der Waals surface area contributed by atoms with Gasteiger partial charge in [0.1, 0.15) is 23.3 Å². The third-order valence-corrected chi connectivity index (χ3v) is 4.10. The van der Waals surface area contributed by atoms with E-state index in [2.05, 4.69) is 40.8 Å². The fourth-order valence-corrected chi connectivity index (χ4v) is 2.67. The van der Waals surface area contributed by atoms with Crippen molar-refractivity contribution >= 4 is 17.5 Å². The van der Waals surface area contributed by atoms with Gasteiger partial charge in [0.2, 0.25) is 0 Å². The van der Waals surface area contributed by atoms with Gasteiger partial charge in [0.05, 0.1) is 18.4 Å². The molecule has 0 aromatic carbocycles. The minimum Gasteiger partial charge on any atom is -0.360 e. The van der Waals surface area contributed by atoms with Gasteiger partial charge >= 0.3 is 0 Å². The Bertz CT molecular complexity index is 903. The Morgan fingerprint density at radius 1 is 1.12 bits per heavy atom. The van der Waals surface area contributed by atoms with Gasteiger partial charge in [-0.2, -0.15) is 5.10 Å². The lowest BCUT2D eigenvalue weighted by Gasteiger charge is -2.14. The maximum Gasteiger partial charge on any atom is 0.159 e. The van der Waals surface area contributed by atoms with Crippen molar-refractivity contribution in [3.63, 3.8) is 0 Å². The second-order valence-corrected chi connectivity index (χ2v) is 6.42. The molecule has 0 amide bonds. The molecular weight excluding hydrogens is 335 g/mol. The molecule has 1 aliphatic rings. The van der Waals surface area contributed by atoms with E-state index in [1.807, 2.05) is 19.9 Å². The monoisotopic (exact) mass is 354 g/mol. The normalized spacial score (nSPS) is 14.9. The van der Waals surface area contributed by atoms with E-state index in [0.717, 1.165) is 23.9 Å². The lowest BCUT2D eigenvalue weighted by atomic mass is 10.3. The molecule has 1 unspecified atom stereocenters. The first kappa shape index (κ1) is 16.4. The average molecular weight is 354 g/mol. The van der Waals surface area contributed by atoms with E-state index in [1.165, 1.54) is 12.8 Å². The first-order valence-corrected chi connectivity index (χ1v) is 8.49. The van der Waals surface area contributed by atoms with Crippen molar-refractivity contribution in [3.8, 4) is 0 Å². The van der Waals surface area contributed by atoms with Crippen LogP contribution in [0, 0.1) is 12.7 Å². The van der Waals surface area contributed by atoms with E-state index in [9.17, 15) is 4.39 Å². The summed E-state index contributed by atoms with van der Waals surface area (Å²) in [6, 6.07) is 3.57. The highest BCUT2D eigenvalue weighted by molar-refractivity contribution is 5.56. The zero-order valence-electron chi connectivity index (χ0n) is 14.5. The van der Waals surface area contributed by atoms with Crippen LogP contribution in [0.5, 0.6) is 0 Å². The van der Waals surface area contributed by atoms with E-state index >= 15 is 0 Å². The van der Waals surface area contributed by atoms with Crippen LogP contribution in [0.15, 0.2) is 24.5 Å². The molecule has 4 rings (SSSR count). The zero-order chi connectivity index (χ0) is 18.1. The molecule has 1 fully saturated rings. The summed E-state index contributed by atoms with van der Waals surface area (Å²) in [6.45, 7) is 3.70. The standard InChI is InChI=1S/C17H19FN8/c1-9(17-19-7-12(18)8-20-17)21-14-6-15(23-10(2)22-14)24-16-5-13(25-26-16)11-3-4-11/h5-9,11H,3-4H2,1-2H3,(H3,21,22,23,24,25,26). The molecule has 1 saturated carbocycles. The molecule has 0 spiro atoms. The van der Waals surface area contributed by atoms with Crippen LogP contribution in [-0.2, 0) is 0 Å². The molecule has 3 N–H and O–H groups in total. The number of hydrogen-bond donors (Lipinski definition) is 3. The zero-order valence-corrected chi connectivity index (χ0v) is 14.5. The molecule has 1 atom stereocenters. The van der Waals surface area contributed by atoms with Gasteiger partial charge in [0.15, 0.2) is 11.6 Å². The molecule has 1 aliphatic carbocycles. The van der Waals surface area contributed by atoms with Gasteiger partial charge < -0.3 is 10.6 Å². The fraction of sp³-hybridized carbons (Fsp3) is 0.353. The fourth-order valence-electron chi connectivity index (χ4n) is 2.67. The van der Waals surface area contributed by atoms with Crippen LogP contribution in [0.3, 0.4) is 0 Å². The molecule has 3 aromatic rings. The molecule has 3 heterocycles. The molecule has 0 aliphatic heterocycles. The van der Waals surface area contributed by atoms with E-state index in [0.29, 0.717) is 29.2 Å². The number of H-pyrrole nitrogens is 1. The summed E-state index contributed by atoms with van der Waals surface area (Å²) in [7, 11) is 0. The smallest absolute Gasteiger partial charge is 0.159 e. The molecule has 26 heavy (non-hydrogen) atoms. The second-order valence-electron chi connectivity index (χ2n) is 6.42. The number of nitrogens with one attached hydrogen (secondary N) is 3. The van der Waals surface area contributed by atoms with Gasteiger partial charge in [-0.1, -0.05) is 0 Å². The molecule has 3 aromatic heterocycles. The predicted octanol–water partition coefficient (Wildman–Crippen LogP) is 3.23. The van der Waals surface area contributed by atoms with Gasteiger partial charge in [0, 0.05) is 23.7 Å². The predicted molar refractivity (Wildman–Crippen MR) is 94.6 cm³/mol. The van der Waals surface area contributed by atoms with E-state index in [1.54, 1.807) is 6.07 Å². The van der Waals surface area contributed by atoms with Crippen molar-refractivity contribution in [1.29, 1.82) is 0 Å². The summed E-state index contributed by atoms with van der Waals surface area (Å²) in [4.78, 5) is 16.8. The van der Waals surface area contributed by atoms with E-state index < -0.39 is 5.82 Å². The molecule has 134 valence electrons. The van der Waals surface area contributed by atoms with Crippen LogP contribution >= 0.6 is 0 Å². The topological polar surface area (TPSA) is 104 Å². The van der Waals surface area contributed by atoms with Gasteiger partial charge in [0.25, 0.3) is 0 Å². The van der Waals surface area contributed by atoms with Crippen LogP contribution in [0.25, 0.3) is 0 Å². The summed E-state index contributed by atoms with van der Waals surface area (Å²) >= 11 is 0. The lowest BCUT2D eigenvalue weighted by molar-refractivity contribution is 0.604. The van der Waals surface area contributed by atoms with Gasteiger partial charge in [-0.15, -0.1) is 0 Å². The van der Waals surface area contributed by atoms with Crippen molar-refractivity contribution in [2.75, 3.05) is 10.6 Å². The number of rotatable bonds is 6. The number of nitrogens with zero attached hydrogens (tertiary/aromatic N) is 5. The Morgan fingerprint density at radius 3 is 2.58 bits per heavy atom. The number of aromatic nitrogens is 6. The van der Waals surface area contributed by atoms with Crippen LogP contribution in [0.1, 0.15) is 49.1 Å². The van der Waals surface area contributed by atoms with Crippen LogP contribution in [-0.4, -0.2) is 30.1 Å². The molecule has 0 bridgehead atoms. The van der Waals surface area contributed by atoms with Crippen molar-refractivity contribution in [2.24, 2.45) is 0 Å². The Balaban J connectivity index is 1.48. The molecule has 0 radical (unpaired) electrons.